The van der Waals surface area contributed by atoms with E-state index in [9.17, 15) is 4.79 Å². The number of nitrogen functional groups attached to an aromatic ring is 2. The van der Waals surface area contributed by atoms with E-state index < -0.39 is 0 Å². The third kappa shape index (κ3) is 4.48. The number of amides is 1. The largest absolute Gasteiger partial charge is 0.398 e. The maximum atomic E-state index is 12.4. The highest BCUT2D eigenvalue weighted by molar-refractivity contribution is 5.99. The second-order valence-corrected chi connectivity index (χ2v) is 6.54. The van der Waals surface area contributed by atoms with Gasteiger partial charge < -0.3 is 11.5 Å². The Morgan fingerprint density at radius 2 is 2.04 bits per heavy atom. The lowest BCUT2D eigenvalue weighted by molar-refractivity contribution is 0.0172. The molecule has 0 unspecified atom stereocenters. The number of anilines is 2. The summed E-state index contributed by atoms with van der Waals surface area (Å²) in [4.78, 5) is 21.7. The maximum Gasteiger partial charge on any atom is 0.276 e. The number of aromatic nitrogens is 1. The summed E-state index contributed by atoms with van der Waals surface area (Å²) >= 11 is 0. The molecule has 0 atom stereocenters. The molecule has 1 fully saturated rings. The first-order valence-electron chi connectivity index (χ1n) is 8.63. The molecule has 0 saturated heterocycles. The lowest BCUT2D eigenvalue weighted by atomic mass is 10.0. The first kappa shape index (κ1) is 17.2. The Morgan fingerprint density at radius 1 is 1.24 bits per heavy atom. The number of pyridine rings is 1. The lowest BCUT2D eigenvalue weighted by Crippen LogP contribution is -2.27. The van der Waals surface area contributed by atoms with Crippen LogP contribution in [0.1, 0.15) is 47.2 Å². The number of benzene rings is 1. The Morgan fingerprint density at radius 3 is 2.80 bits per heavy atom. The number of nitrogens with one attached hydrogen (secondary N) is 1. The maximum absolute atomic E-state index is 12.4. The number of para-hydroxylation sites is 1. The number of carbonyl (C=O) groups is 1. The Bertz CT molecular complexity index is 742. The van der Waals surface area contributed by atoms with Crippen LogP contribution >= 0.6 is 0 Å². The Hall–Kier alpha value is -2.60. The Kier molecular flexibility index (Phi) is 5.50. The quantitative estimate of drug-likeness (QED) is 0.554. The van der Waals surface area contributed by atoms with Crippen molar-refractivity contribution in [3.05, 3.63) is 53.2 Å². The molecule has 1 aliphatic carbocycles. The molecule has 1 amide bonds. The lowest BCUT2D eigenvalue weighted by Gasteiger charge is -2.13. The molecule has 1 aliphatic rings. The molecule has 132 valence electrons. The van der Waals surface area contributed by atoms with Crippen molar-refractivity contribution in [1.82, 2.24) is 10.5 Å². The second-order valence-electron chi connectivity index (χ2n) is 6.54. The second kappa shape index (κ2) is 7.98. The van der Waals surface area contributed by atoms with Crippen LogP contribution in [0.15, 0.2) is 36.5 Å². The van der Waals surface area contributed by atoms with Gasteiger partial charge in [-0.2, -0.15) is 0 Å². The predicted molar refractivity (Wildman–Crippen MR) is 97.7 cm³/mol. The summed E-state index contributed by atoms with van der Waals surface area (Å²) in [5.74, 6) is 0.693. The molecule has 6 heteroatoms. The van der Waals surface area contributed by atoms with E-state index in [1.165, 1.54) is 25.7 Å². The van der Waals surface area contributed by atoms with Gasteiger partial charge in [-0.05, 0) is 54.5 Å². The zero-order valence-electron chi connectivity index (χ0n) is 14.2. The van der Waals surface area contributed by atoms with Crippen molar-refractivity contribution in [3.8, 4) is 0 Å². The summed E-state index contributed by atoms with van der Waals surface area (Å²) in [6.45, 7) is 0.557. The van der Waals surface area contributed by atoms with Crippen LogP contribution in [0.4, 0.5) is 11.5 Å². The predicted octanol–water partition coefficient (Wildman–Crippen LogP) is 2.69. The molecule has 25 heavy (non-hydrogen) atoms. The van der Waals surface area contributed by atoms with Gasteiger partial charge in [0.1, 0.15) is 5.82 Å². The van der Waals surface area contributed by atoms with E-state index in [2.05, 4.69) is 10.5 Å². The van der Waals surface area contributed by atoms with Crippen LogP contribution < -0.4 is 16.9 Å². The van der Waals surface area contributed by atoms with Crippen LogP contribution in [0, 0.1) is 5.92 Å². The number of hydrogen-bond donors (Lipinski definition) is 3. The van der Waals surface area contributed by atoms with Crippen LogP contribution in [-0.4, -0.2) is 17.5 Å². The molecule has 0 radical (unpaired) electrons. The molecule has 1 aromatic heterocycles. The zero-order valence-corrected chi connectivity index (χ0v) is 14.2. The van der Waals surface area contributed by atoms with Gasteiger partial charge in [0.2, 0.25) is 0 Å². The van der Waals surface area contributed by atoms with Crippen molar-refractivity contribution in [1.29, 1.82) is 0 Å². The monoisotopic (exact) mass is 340 g/mol. The molecule has 1 aromatic carbocycles. The van der Waals surface area contributed by atoms with Crippen molar-refractivity contribution in [2.45, 2.75) is 32.1 Å². The van der Waals surface area contributed by atoms with E-state index in [1.807, 2.05) is 18.2 Å². The summed E-state index contributed by atoms with van der Waals surface area (Å²) in [6.07, 6.45) is 7.08. The summed E-state index contributed by atoms with van der Waals surface area (Å²) in [6, 6.07) is 9.11. The van der Waals surface area contributed by atoms with Gasteiger partial charge in [0.05, 0.1) is 12.2 Å². The fourth-order valence-corrected chi connectivity index (χ4v) is 3.25. The average Bonchev–Trinajstić information content (AvgIpc) is 3.10. The molecular weight excluding hydrogens is 316 g/mol. The minimum atomic E-state index is -0.313. The van der Waals surface area contributed by atoms with E-state index >= 15 is 0 Å². The molecule has 2 aromatic rings. The van der Waals surface area contributed by atoms with Crippen molar-refractivity contribution in [2.75, 3.05) is 18.1 Å². The van der Waals surface area contributed by atoms with Gasteiger partial charge in [0.25, 0.3) is 5.91 Å². The van der Waals surface area contributed by atoms with Crippen molar-refractivity contribution < 1.29 is 9.63 Å². The fraction of sp³-hybridized carbons (Fsp3) is 0.368. The number of hydroxylamine groups is 1. The molecule has 1 saturated carbocycles. The number of rotatable bonds is 6. The van der Waals surface area contributed by atoms with Gasteiger partial charge in [-0.15, -0.1) is 0 Å². The summed E-state index contributed by atoms with van der Waals surface area (Å²) < 4.78 is 0. The number of hydrogen-bond acceptors (Lipinski definition) is 5. The van der Waals surface area contributed by atoms with Crippen LogP contribution in [0.25, 0.3) is 0 Å². The highest BCUT2D eigenvalue weighted by Crippen LogP contribution is 2.25. The molecular formula is C19H24N4O2. The van der Waals surface area contributed by atoms with Gasteiger partial charge in [0, 0.05) is 11.9 Å². The average molecular weight is 340 g/mol. The SMILES string of the molecule is Nc1cc(Cc2cccc(C(=O)NOCC3CCCC3)c2N)ccn1. The van der Waals surface area contributed by atoms with E-state index in [-0.39, 0.29) is 5.91 Å². The summed E-state index contributed by atoms with van der Waals surface area (Å²) in [7, 11) is 0. The van der Waals surface area contributed by atoms with E-state index in [0.717, 1.165) is 11.1 Å². The molecule has 3 rings (SSSR count). The van der Waals surface area contributed by atoms with E-state index in [1.54, 1.807) is 18.3 Å². The zero-order chi connectivity index (χ0) is 17.6. The van der Waals surface area contributed by atoms with Crippen LogP contribution in [-0.2, 0) is 11.3 Å². The van der Waals surface area contributed by atoms with Crippen LogP contribution in [0.3, 0.4) is 0 Å². The molecule has 0 aliphatic heterocycles. The third-order valence-corrected chi connectivity index (χ3v) is 4.64. The first-order valence-corrected chi connectivity index (χ1v) is 8.63. The standard InChI is InChI=1S/C19H24N4O2/c20-17-11-14(8-9-22-17)10-15-6-3-7-16(18(15)21)19(24)23-25-12-13-4-1-2-5-13/h3,6-9,11,13H,1-2,4-5,10,12,21H2,(H2,20,22)(H,23,24). The van der Waals surface area contributed by atoms with Crippen LogP contribution in [0.2, 0.25) is 0 Å². The van der Waals surface area contributed by atoms with Crippen LogP contribution in [0.5, 0.6) is 0 Å². The smallest absolute Gasteiger partial charge is 0.276 e. The van der Waals surface area contributed by atoms with Gasteiger partial charge in [0.15, 0.2) is 0 Å². The fourth-order valence-electron chi connectivity index (χ4n) is 3.25. The minimum Gasteiger partial charge on any atom is -0.398 e. The third-order valence-electron chi connectivity index (χ3n) is 4.64. The number of carbonyl (C=O) groups excluding carboxylic acids is 1. The normalized spacial score (nSPS) is 14.6. The molecule has 6 nitrogen and oxygen atoms in total. The summed E-state index contributed by atoms with van der Waals surface area (Å²) in [5, 5.41) is 0. The van der Waals surface area contributed by atoms with Gasteiger partial charge in [-0.1, -0.05) is 25.0 Å². The van der Waals surface area contributed by atoms with Crippen molar-refractivity contribution >= 4 is 17.4 Å². The molecule has 0 bridgehead atoms. The first-order chi connectivity index (χ1) is 12.1. The van der Waals surface area contributed by atoms with Gasteiger partial charge in [-0.3, -0.25) is 9.63 Å². The van der Waals surface area contributed by atoms with Gasteiger partial charge in [-0.25, -0.2) is 10.5 Å². The Balaban J connectivity index is 1.64. The molecule has 1 heterocycles. The summed E-state index contributed by atoms with van der Waals surface area (Å²) in [5.41, 5.74) is 17.2. The van der Waals surface area contributed by atoms with Gasteiger partial charge >= 0.3 is 0 Å². The van der Waals surface area contributed by atoms with E-state index in [0.29, 0.717) is 36.0 Å². The highest BCUT2D eigenvalue weighted by Gasteiger charge is 2.17. The minimum absolute atomic E-state index is 0.313. The highest BCUT2D eigenvalue weighted by atomic mass is 16.6. The van der Waals surface area contributed by atoms with Crippen molar-refractivity contribution in [2.24, 2.45) is 5.92 Å². The van der Waals surface area contributed by atoms with Crippen molar-refractivity contribution in [3.63, 3.8) is 0 Å². The Labute approximate surface area is 147 Å². The molecule has 0 spiro atoms. The molecule has 5 N–H and O–H groups in total. The topological polar surface area (TPSA) is 103 Å². The van der Waals surface area contributed by atoms with E-state index in [4.69, 9.17) is 16.3 Å². The number of nitrogens with zero attached hydrogens (tertiary/aromatic N) is 1. The number of nitrogens with two attached hydrogens (primary N) is 2.